The lowest BCUT2D eigenvalue weighted by Gasteiger charge is -2.19. The highest BCUT2D eigenvalue weighted by Gasteiger charge is 2.26. The van der Waals surface area contributed by atoms with Crippen LogP contribution in [0.4, 0.5) is 0 Å². The van der Waals surface area contributed by atoms with Gasteiger partial charge in [-0.25, -0.2) is 14.8 Å². The van der Waals surface area contributed by atoms with Crippen LogP contribution in [0.2, 0.25) is 0 Å². The van der Waals surface area contributed by atoms with Gasteiger partial charge >= 0.3 is 5.69 Å². The fourth-order valence-electron chi connectivity index (χ4n) is 4.38. The van der Waals surface area contributed by atoms with Crippen LogP contribution in [0.1, 0.15) is 38.6 Å². The molecule has 1 fully saturated rings. The predicted octanol–water partition coefficient (Wildman–Crippen LogP) is 4.09. The lowest BCUT2D eigenvalue weighted by molar-refractivity contribution is 0.360. The van der Waals surface area contributed by atoms with Gasteiger partial charge in [-0.05, 0) is 37.8 Å². The molecule has 6 heteroatoms. The molecule has 136 valence electrons. The van der Waals surface area contributed by atoms with Crippen LogP contribution in [-0.2, 0) is 0 Å². The van der Waals surface area contributed by atoms with Crippen LogP contribution in [-0.4, -0.2) is 24.5 Å². The van der Waals surface area contributed by atoms with E-state index in [9.17, 15) is 4.79 Å². The molecule has 0 aliphatic heterocycles. The number of aromatic nitrogens is 5. The lowest BCUT2D eigenvalue weighted by Crippen LogP contribution is -2.25. The molecule has 1 unspecified atom stereocenters. The Balaban J connectivity index is 1.69. The number of fused-ring (bicyclic) bond motifs is 2. The average Bonchev–Trinajstić information content (AvgIpc) is 3.34. The minimum Gasteiger partial charge on any atom is -0.289 e. The molecule has 1 N–H and O–H groups in total. The molecular formula is C21H21N5O. The summed E-state index contributed by atoms with van der Waals surface area (Å²) in [6.45, 7) is 2.13. The average molecular weight is 359 g/mol. The van der Waals surface area contributed by atoms with E-state index in [0.29, 0.717) is 17.2 Å². The van der Waals surface area contributed by atoms with Gasteiger partial charge in [-0.2, -0.15) is 0 Å². The predicted molar refractivity (Wildman–Crippen MR) is 106 cm³/mol. The van der Waals surface area contributed by atoms with Gasteiger partial charge in [-0.1, -0.05) is 31.0 Å². The Labute approximate surface area is 156 Å². The van der Waals surface area contributed by atoms with Crippen molar-refractivity contribution in [3.8, 4) is 11.3 Å². The zero-order valence-corrected chi connectivity index (χ0v) is 15.2. The highest BCUT2D eigenvalue weighted by Crippen LogP contribution is 2.34. The number of benzene rings is 1. The van der Waals surface area contributed by atoms with Crippen molar-refractivity contribution in [2.75, 3.05) is 0 Å². The Morgan fingerprint density at radius 3 is 2.85 bits per heavy atom. The van der Waals surface area contributed by atoms with E-state index in [2.05, 4.69) is 21.9 Å². The second kappa shape index (κ2) is 6.30. The van der Waals surface area contributed by atoms with Crippen molar-refractivity contribution < 1.29 is 0 Å². The molecule has 0 amide bonds. The number of pyridine rings is 1. The number of aromatic amines is 1. The van der Waals surface area contributed by atoms with Gasteiger partial charge in [0.15, 0.2) is 11.3 Å². The summed E-state index contributed by atoms with van der Waals surface area (Å²) >= 11 is 0. The summed E-state index contributed by atoms with van der Waals surface area (Å²) in [7, 11) is 0. The van der Waals surface area contributed by atoms with E-state index in [4.69, 9.17) is 4.98 Å². The Bertz CT molecular complexity index is 1180. The van der Waals surface area contributed by atoms with Gasteiger partial charge in [-0.15, -0.1) is 0 Å². The van der Waals surface area contributed by atoms with Gasteiger partial charge in [0.2, 0.25) is 0 Å². The van der Waals surface area contributed by atoms with Crippen LogP contribution < -0.4 is 5.69 Å². The van der Waals surface area contributed by atoms with E-state index in [1.165, 1.54) is 25.7 Å². The van der Waals surface area contributed by atoms with Crippen LogP contribution >= 0.6 is 0 Å². The lowest BCUT2D eigenvalue weighted by atomic mass is 10.00. The number of nitrogens with one attached hydrogen (secondary N) is 1. The SMILES string of the molecule is CC(C1CCCC1)n1c(=O)[nH]c2ncc(-c3cccc4ncccc34)nc21. The van der Waals surface area contributed by atoms with Crippen LogP contribution in [0.25, 0.3) is 33.5 Å². The first-order valence-corrected chi connectivity index (χ1v) is 9.54. The Hall–Kier alpha value is -3.02. The zero-order chi connectivity index (χ0) is 18.4. The zero-order valence-electron chi connectivity index (χ0n) is 15.2. The fourth-order valence-corrected chi connectivity index (χ4v) is 4.38. The summed E-state index contributed by atoms with van der Waals surface area (Å²) in [6, 6.07) is 10.1. The first-order chi connectivity index (χ1) is 13.2. The van der Waals surface area contributed by atoms with Crippen molar-refractivity contribution in [3.63, 3.8) is 0 Å². The van der Waals surface area contributed by atoms with Crippen molar-refractivity contribution in [2.45, 2.75) is 38.6 Å². The second-order valence-electron chi connectivity index (χ2n) is 7.39. The normalized spacial score (nSPS) is 16.3. The summed E-state index contributed by atoms with van der Waals surface area (Å²) in [4.78, 5) is 29.3. The summed E-state index contributed by atoms with van der Waals surface area (Å²) in [5.41, 5.74) is 3.71. The van der Waals surface area contributed by atoms with E-state index in [1.54, 1.807) is 17.0 Å². The van der Waals surface area contributed by atoms with Crippen molar-refractivity contribution in [1.82, 2.24) is 24.5 Å². The van der Waals surface area contributed by atoms with Crippen LogP contribution in [0.3, 0.4) is 0 Å². The molecule has 27 heavy (non-hydrogen) atoms. The first-order valence-electron chi connectivity index (χ1n) is 9.54. The second-order valence-corrected chi connectivity index (χ2v) is 7.39. The summed E-state index contributed by atoms with van der Waals surface area (Å²) < 4.78 is 1.80. The molecule has 1 aromatic carbocycles. The van der Waals surface area contributed by atoms with E-state index in [1.807, 2.05) is 30.3 Å². The molecule has 0 bridgehead atoms. The molecule has 4 aromatic rings. The Kier molecular flexibility index (Phi) is 3.77. The molecule has 5 rings (SSSR count). The molecule has 6 nitrogen and oxygen atoms in total. The summed E-state index contributed by atoms with van der Waals surface area (Å²) in [5, 5.41) is 1.03. The number of hydrogen-bond donors (Lipinski definition) is 1. The maximum absolute atomic E-state index is 12.6. The fraction of sp³-hybridized carbons (Fsp3) is 0.333. The van der Waals surface area contributed by atoms with Crippen LogP contribution in [0, 0.1) is 5.92 Å². The highest BCUT2D eigenvalue weighted by molar-refractivity contribution is 5.93. The molecule has 0 radical (unpaired) electrons. The van der Waals surface area contributed by atoms with Gasteiger partial charge in [-0.3, -0.25) is 14.5 Å². The van der Waals surface area contributed by atoms with Crippen molar-refractivity contribution in [1.29, 1.82) is 0 Å². The van der Waals surface area contributed by atoms with Gasteiger partial charge in [0, 0.05) is 23.2 Å². The molecule has 1 aliphatic rings. The van der Waals surface area contributed by atoms with E-state index in [0.717, 1.165) is 22.2 Å². The molecule has 1 saturated carbocycles. The molecule has 3 aromatic heterocycles. The molecule has 0 spiro atoms. The van der Waals surface area contributed by atoms with Crippen molar-refractivity contribution in [2.24, 2.45) is 5.92 Å². The quantitative estimate of drug-likeness (QED) is 0.598. The number of nitrogens with zero attached hydrogens (tertiary/aromatic N) is 4. The number of H-pyrrole nitrogens is 1. The van der Waals surface area contributed by atoms with Crippen LogP contribution in [0.5, 0.6) is 0 Å². The molecule has 0 saturated heterocycles. The standard InChI is InChI=1S/C21H21N5O/c1-13(14-6-2-3-7-14)26-20-19(25-21(26)27)23-12-18(24-20)16-8-4-10-17-15(16)9-5-11-22-17/h4-5,8-14H,2-3,6-7H2,1H3,(H,23,25,27). The number of hydrogen-bond acceptors (Lipinski definition) is 4. The maximum atomic E-state index is 12.6. The number of imidazole rings is 1. The molecular weight excluding hydrogens is 338 g/mol. The van der Waals surface area contributed by atoms with E-state index >= 15 is 0 Å². The Morgan fingerprint density at radius 1 is 1.15 bits per heavy atom. The van der Waals surface area contributed by atoms with Gasteiger partial charge in [0.05, 0.1) is 17.4 Å². The summed E-state index contributed by atoms with van der Waals surface area (Å²) in [6.07, 6.45) is 8.33. The topological polar surface area (TPSA) is 76.5 Å². The third-order valence-electron chi connectivity index (χ3n) is 5.84. The largest absolute Gasteiger partial charge is 0.329 e. The van der Waals surface area contributed by atoms with Crippen molar-refractivity contribution in [3.05, 3.63) is 53.2 Å². The minimum absolute atomic E-state index is 0.118. The number of rotatable bonds is 3. The third-order valence-corrected chi connectivity index (χ3v) is 5.84. The van der Waals surface area contributed by atoms with Gasteiger partial charge < -0.3 is 0 Å². The monoisotopic (exact) mass is 359 g/mol. The molecule has 1 aliphatic carbocycles. The third kappa shape index (κ3) is 2.63. The highest BCUT2D eigenvalue weighted by atomic mass is 16.1. The van der Waals surface area contributed by atoms with Gasteiger partial charge in [0.25, 0.3) is 0 Å². The van der Waals surface area contributed by atoms with E-state index < -0.39 is 0 Å². The maximum Gasteiger partial charge on any atom is 0.329 e. The minimum atomic E-state index is -0.124. The van der Waals surface area contributed by atoms with E-state index in [-0.39, 0.29) is 11.7 Å². The van der Waals surface area contributed by atoms with Gasteiger partial charge in [0.1, 0.15) is 0 Å². The van der Waals surface area contributed by atoms with Crippen LogP contribution in [0.15, 0.2) is 47.5 Å². The van der Waals surface area contributed by atoms with Crippen molar-refractivity contribution >= 4 is 22.2 Å². The first kappa shape index (κ1) is 16.2. The summed E-state index contributed by atoms with van der Waals surface area (Å²) in [5.74, 6) is 0.522. The molecule has 1 atom stereocenters. The molecule has 3 heterocycles. The smallest absolute Gasteiger partial charge is 0.289 e. The Morgan fingerprint density at radius 2 is 2.00 bits per heavy atom.